The molecule has 1 N–H and O–H groups in total. The topological polar surface area (TPSA) is 24.9 Å². The van der Waals surface area contributed by atoms with Gasteiger partial charge in [-0.3, -0.25) is 4.98 Å². The summed E-state index contributed by atoms with van der Waals surface area (Å²) in [5.74, 6) is 1.03. The first-order chi connectivity index (χ1) is 10.3. The van der Waals surface area contributed by atoms with Crippen molar-refractivity contribution in [1.82, 2.24) is 10.3 Å². The highest BCUT2D eigenvalue weighted by molar-refractivity contribution is 7.99. The van der Waals surface area contributed by atoms with E-state index in [0.29, 0.717) is 6.04 Å². The molecule has 1 unspecified atom stereocenters. The number of hydrogen-bond acceptors (Lipinski definition) is 3. The van der Waals surface area contributed by atoms with Crippen molar-refractivity contribution in [1.29, 1.82) is 0 Å². The maximum Gasteiger partial charge on any atom is 0.0415 e. The van der Waals surface area contributed by atoms with Gasteiger partial charge in [0.1, 0.15) is 0 Å². The zero-order valence-electron chi connectivity index (χ0n) is 12.9. The molecule has 1 aromatic heterocycles. The van der Waals surface area contributed by atoms with E-state index in [2.05, 4.69) is 60.5 Å². The maximum absolute atomic E-state index is 4.07. The summed E-state index contributed by atoms with van der Waals surface area (Å²) in [5.41, 5.74) is 2.80. The van der Waals surface area contributed by atoms with Crippen LogP contribution in [0.5, 0.6) is 0 Å². The number of pyridine rings is 1. The lowest BCUT2D eigenvalue weighted by atomic mass is 10.0. The van der Waals surface area contributed by atoms with Gasteiger partial charge < -0.3 is 5.32 Å². The standard InChI is InChI=1S/C18H24N2S/c1-3-5-15-6-8-16(9-7-15)18(20-4-2)14-21-17-10-12-19-13-11-17/h6-13,18,20H,3-5,14H2,1-2H3. The number of nitrogens with one attached hydrogen (secondary N) is 1. The summed E-state index contributed by atoms with van der Waals surface area (Å²) in [6.45, 7) is 5.37. The van der Waals surface area contributed by atoms with Crippen LogP contribution in [-0.4, -0.2) is 17.3 Å². The summed E-state index contributed by atoms with van der Waals surface area (Å²) in [7, 11) is 0. The third-order valence-electron chi connectivity index (χ3n) is 3.44. The van der Waals surface area contributed by atoms with E-state index in [0.717, 1.165) is 18.7 Å². The molecule has 0 saturated heterocycles. The molecule has 0 fully saturated rings. The van der Waals surface area contributed by atoms with E-state index >= 15 is 0 Å². The van der Waals surface area contributed by atoms with E-state index in [4.69, 9.17) is 0 Å². The highest BCUT2D eigenvalue weighted by atomic mass is 32.2. The molecule has 0 aliphatic carbocycles. The highest BCUT2D eigenvalue weighted by Gasteiger charge is 2.10. The van der Waals surface area contributed by atoms with Gasteiger partial charge in [0.2, 0.25) is 0 Å². The first-order valence-electron chi connectivity index (χ1n) is 7.68. The minimum Gasteiger partial charge on any atom is -0.309 e. The van der Waals surface area contributed by atoms with Crippen LogP contribution in [0.2, 0.25) is 0 Å². The van der Waals surface area contributed by atoms with Gasteiger partial charge in [0.15, 0.2) is 0 Å². The van der Waals surface area contributed by atoms with Gasteiger partial charge in [-0.1, -0.05) is 44.5 Å². The summed E-state index contributed by atoms with van der Waals surface area (Å²) in [6.07, 6.45) is 6.07. The van der Waals surface area contributed by atoms with Crippen LogP contribution < -0.4 is 5.32 Å². The lowest BCUT2D eigenvalue weighted by Crippen LogP contribution is -2.22. The predicted molar refractivity (Wildman–Crippen MR) is 91.8 cm³/mol. The van der Waals surface area contributed by atoms with Gasteiger partial charge in [-0.15, -0.1) is 11.8 Å². The quantitative estimate of drug-likeness (QED) is 0.728. The Kier molecular flexibility index (Phi) is 6.77. The maximum atomic E-state index is 4.07. The molecule has 0 aliphatic heterocycles. The average molecular weight is 300 g/mol. The van der Waals surface area contributed by atoms with Crippen LogP contribution in [0.3, 0.4) is 0 Å². The fourth-order valence-electron chi connectivity index (χ4n) is 2.34. The minimum absolute atomic E-state index is 0.392. The van der Waals surface area contributed by atoms with Crippen LogP contribution in [0.4, 0.5) is 0 Å². The fourth-order valence-corrected chi connectivity index (χ4v) is 3.32. The van der Waals surface area contributed by atoms with Crippen molar-refractivity contribution in [2.75, 3.05) is 12.3 Å². The zero-order chi connectivity index (χ0) is 14.9. The summed E-state index contributed by atoms with van der Waals surface area (Å²) < 4.78 is 0. The predicted octanol–water partition coefficient (Wildman–Crippen LogP) is 4.48. The Balaban J connectivity index is 2.00. The molecule has 1 heterocycles. The van der Waals surface area contributed by atoms with E-state index in [9.17, 15) is 0 Å². The first kappa shape index (κ1) is 16.1. The Labute approximate surface area is 132 Å². The highest BCUT2D eigenvalue weighted by Crippen LogP contribution is 2.24. The molecule has 21 heavy (non-hydrogen) atoms. The van der Waals surface area contributed by atoms with E-state index in [1.165, 1.54) is 22.4 Å². The molecule has 0 bridgehead atoms. The van der Waals surface area contributed by atoms with Crippen molar-refractivity contribution in [2.24, 2.45) is 0 Å². The summed E-state index contributed by atoms with van der Waals surface area (Å²) in [6, 6.07) is 13.6. The Morgan fingerprint density at radius 2 is 1.76 bits per heavy atom. The van der Waals surface area contributed by atoms with Crippen LogP contribution in [0, 0.1) is 0 Å². The van der Waals surface area contributed by atoms with Gasteiger partial charge in [0.05, 0.1) is 0 Å². The fraction of sp³-hybridized carbons (Fsp3) is 0.389. The van der Waals surface area contributed by atoms with Crippen molar-refractivity contribution in [3.63, 3.8) is 0 Å². The molecular formula is C18H24N2S. The minimum atomic E-state index is 0.392. The normalized spacial score (nSPS) is 12.3. The Bertz CT molecular complexity index is 511. The number of rotatable bonds is 8. The monoisotopic (exact) mass is 300 g/mol. The van der Waals surface area contributed by atoms with Crippen molar-refractivity contribution in [3.8, 4) is 0 Å². The zero-order valence-corrected chi connectivity index (χ0v) is 13.7. The van der Waals surface area contributed by atoms with Crippen LogP contribution >= 0.6 is 11.8 Å². The third-order valence-corrected chi connectivity index (χ3v) is 4.54. The van der Waals surface area contributed by atoms with Gasteiger partial charge in [0, 0.05) is 29.1 Å². The second-order valence-electron chi connectivity index (χ2n) is 5.10. The van der Waals surface area contributed by atoms with Crippen LogP contribution in [-0.2, 0) is 6.42 Å². The molecule has 0 aliphatic rings. The van der Waals surface area contributed by atoms with E-state index in [-0.39, 0.29) is 0 Å². The lowest BCUT2D eigenvalue weighted by Gasteiger charge is -2.18. The van der Waals surface area contributed by atoms with Gasteiger partial charge in [0.25, 0.3) is 0 Å². The van der Waals surface area contributed by atoms with Gasteiger partial charge in [-0.25, -0.2) is 0 Å². The second-order valence-corrected chi connectivity index (χ2v) is 6.19. The third kappa shape index (κ3) is 5.18. The molecule has 2 aromatic rings. The van der Waals surface area contributed by atoms with Crippen LogP contribution in [0.25, 0.3) is 0 Å². The molecule has 0 amide bonds. The van der Waals surface area contributed by atoms with Crippen molar-refractivity contribution in [2.45, 2.75) is 37.6 Å². The summed E-state index contributed by atoms with van der Waals surface area (Å²) in [4.78, 5) is 5.34. The van der Waals surface area contributed by atoms with Crippen molar-refractivity contribution in [3.05, 3.63) is 59.9 Å². The number of aryl methyl sites for hydroxylation is 1. The molecule has 1 atom stereocenters. The molecule has 0 radical (unpaired) electrons. The van der Waals surface area contributed by atoms with E-state index < -0.39 is 0 Å². The van der Waals surface area contributed by atoms with Crippen LogP contribution in [0.1, 0.15) is 37.4 Å². The molecule has 1 aromatic carbocycles. The van der Waals surface area contributed by atoms with Gasteiger partial charge in [-0.2, -0.15) is 0 Å². The number of hydrogen-bond donors (Lipinski definition) is 1. The SMILES string of the molecule is CCCc1ccc(C(CSc2ccncc2)NCC)cc1. The molecule has 0 saturated carbocycles. The number of thioether (sulfide) groups is 1. The number of benzene rings is 1. The summed E-state index contributed by atoms with van der Waals surface area (Å²) in [5, 5.41) is 3.58. The van der Waals surface area contributed by atoms with Crippen LogP contribution in [0.15, 0.2) is 53.7 Å². The lowest BCUT2D eigenvalue weighted by molar-refractivity contribution is 0.605. The smallest absolute Gasteiger partial charge is 0.0415 e. The van der Waals surface area contributed by atoms with Crippen molar-refractivity contribution >= 4 is 11.8 Å². The van der Waals surface area contributed by atoms with Crippen molar-refractivity contribution < 1.29 is 0 Å². The molecule has 2 rings (SSSR count). The Hall–Kier alpha value is -1.32. The molecule has 112 valence electrons. The molecule has 0 spiro atoms. The first-order valence-corrected chi connectivity index (χ1v) is 8.67. The molecule has 3 heteroatoms. The Morgan fingerprint density at radius 3 is 2.38 bits per heavy atom. The largest absolute Gasteiger partial charge is 0.309 e. The number of aromatic nitrogens is 1. The molecular weight excluding hydrogens is 276 g/mol. The molecule has 2 nitrogen and oxygen atoms in total. The van der Waals surface area contributed by atoms with E-state index in [1.807, 2.05) is 24.2 Å². The summed E-state index contributed by atoms with van der Waals surface area (Å²) >= 11 is 1.88. The number of nitrogens with zero attached hydrogens (tertiary/aromatic N) is 1. The second kappa shape index (κ2) is 8.85. The van der Waals surface area contributed by atoms with E-state index in [1.54, 1.807) is 0 Å². The Morgan fingerprint density at radius 1 is 1.05 bits per heavy atom. The van der Waals surface area contributed by atoms with Gasteiger partial charge >= 0.3 is 0 Å². The van der Waals surface area contributed by atoms with Gasteiger partial charge in [-0.05, 0) is 36.2 Å². The average Bonchev–Trinajstić information content (AvgIpc) is 2.54.